The topological polar surface area (TPSA) is 40.6 Å². The van der Waals surface area contributed by atoms with Gasteiger partial charge in [-0.15, -0.1) is 0 Å². The van der Waals surface area contributed by atoms with Crippen LogP contribution >= 0.6 is 11.6 Å². The lowest BCUT2D eigenvalue weighted by Gasteiger charge is -2.40. The van der Waals surface area contributed by atoms with Crippen LogP contribution in [0.15, 0.2) is 18.2 Å². The molecule has 1 atom stereocenters. The fourth-order valence-corrected chi connectivity index (χ4v) is 3.88. The lowest BCUT2D eigenvalue weighted by Crippen LogP contribution is -2.58. The molecule has 1 aromatic carbocycles. The Kier molecular flexibility index (Phi) is 4.62. The predicted molar refractivity (Wildman–Crippen MR) is 91.7 cm³/mol. The predicted octanol–water partition coefficient (Wildman–Crippen LogP) is 3.40. The first-order chi connectivity index (χ1) is 11.0. The van der Waals surface area contributed by atoms with Gasteiger partial charge in [0.1, 0.15) is 6.04 Å². The second-order valence-corrected chi connectivity index (χ2v) is 6.97. The molecule has 0 spiro atoms. The normalized spacial score (nSPS) is 22.7. The van der Waals surface area contributed by atoms with E-state index in [1.54, 1.807) is 9.80 Å². The van der Waals surface area contributed by atoms with Crippen LogP contribution in [0.3, 0.4) is 0 Å². The summed E-state index contributed by atoms with van der Waals surface area (Å²) in [6.45, 7) is 4.88. The summed E-state index contributed by atoms with van der Waals surface area (Å²) < 4.78 is 0. The van der Waals surface area contributed by atoms with E-state index in [9.17, 15) is 9.59 Å². The van der Waals surface area contributed by atoms with Crippen molar-refractivity contribution < 1.29 is 9.59 Å². The SMILES string of the molecule is Cc1c(Cl)cccc1N1CCN(C(=O)C2CCCC2)[C@H](C)C1=O. The van der Waals surface area contributed by atoms with Crippen LogP contribution in [0.25, 0.3) is 0 Å². The van der Waals surface area contributed by atoms with Crippen molar-refractivity contribution >= 4 is 29.1 Å². The molecule has 0 aromatic heterocycles. The van der Waals surface area contributed by atoms with Crippen molar-refractivity contribution in [2.75, 3.05) is 18.0 Å². The van der Waals surface area contributed by atoms with E-state index in [-0.39, 0.29) is 17.7 Å². The maximum Gasteiger partial charge on any atom is 0.249 e. The standard InChI is InChI=1S/C18H23ClN2O2/c1-12-15(19)8-5-9-16(12)21-11-10-20(13(2)17(21)22)18(23)14-6-3-4-7-14/h5,8-9,13-14H,3-4,6-7,10-11H2,1-2H3/t13-/m1/s1. The zero-order valence-corrected chi connectivity index (χ0v) is 14.5. The van der Waals surface area contributed by atoms with Gasteiger partial charge in [-0.1, -0.05) is 30.5 Å². The minimum absolute atomic E-state index is 0.0204. The number of halogens is 1. The molecule has 0 radical (unpaired) electrons. The molecule has 2 amide bonds. The van der Waals surface area contributed by atoms with Gasteiger partial charge in [0.15, 0.2) is 0 Å². The van der Waals surface area contributed by atoms with Crippen molar-refractivity contribution in [2.24, 2.45) is 5.92 Å². The number of carbonyl (C=O) groups excluding carboxylic acids is 2. The summed E-state index contributed by atoms with van der Waals surface area (Å²) in [5.41, 5.74) is 1.76. The first-order valence-corrected chi connectivity index (χ1v) is 8.75. The Balaban J connectivity index is 1.78. The summed E-state index contributed by atoms with van der Waals surface area (Å²) in [6, 6.07) is 5.20. The number of benzene rings is 1. The van der Waals surface area contributed by atoms with E-state index < -0.39 is 6.04 Å². The summed E-state index contributed by atoms with van der Waals surface area (Å²) in [5, 5.41) is 0.660. The van der Waals surface area contributed by atoms with Crippen LogP contribution in [0.4, 0.5) is 5.69 Å². The number of rotatable bonds is 2. The summed E-state index contributed by atoms with van der Waals surface area (Å²) in [4.78, 5) is 29.0. The molecule has 1 aromatic rings. The molecule has 23 heavy (non-hydrogen) atoms. The van der Waals surface area contributed by atoms with Gasteiger partial charge >= 0.3 is 0 Å². The molecular weight excluding hydrogens is 312 g/mol. The number of hydrogen-bond donors (Lipinski definition) is 0. The first-order valence-electron chi connectivity index (χ1n) is 8.37. The van der Waals surface area contributed by atoms with E-state index in [1.807, 2.05) is 32.0 Å². The maximum absolute atomic E-state index is 12.8. The van der Waals surface area contributed by atoms with Crippen molar-refractivity contribution in [3.8, 4) is 0 Å². The van der Waals surface area contributed by atoms with Gasteiger partial charge < -0.3 is 9.80 Å². The second kappa shape index (κ2) is 6.52. The fourth-order valence-electron chi connectivity index (χ4n) is 3.71. The van der Waals surface area contributed by atoms with Crippen LogP contribution in [0.1, 0.15) is 38.2 Å². The maximum atomic E-state index is 12.8. The Hall–Kier alpha value is -1.55. The summed E-state index contributed by atoms with van der Waals surface area (Å²) >= 11 is 6.18. The molecule has 3 rings (SSSR count). The second-order valence-electron chi connectivity index (χ2n) is 6.56. The third kappa shape index (κ3) is 2.97. The monoisotopic (exact) mass is 334 g/mol. The molecule has 4 nitrogen and oxygen atoms in total. The van der Waals surface area contributed by atoms with Crippen LogP contribution in [-0.2, 0) is 9.59 Å². The average Bonchev–Trinajstić information content (AvgIpc) is 3.07. The van der Waals surface area contributed by atoms with Crippen LogP contribution < -0.4 is 4.90 Å². The molecule has 1 heterocycles. The molecule has 0 bridgehead atoms. The number of amides is 2. The summed E-state index contributed by atoms with van der Waals surface area (Å²) in [7, 11) is 0. The highest BCUT2D eigenvalue weighted by molar-refractivity contribution is 6.31. The molecule has 1 aliphatic carbocycles. The quantitative estimate of drug-likeness (QED) is 0.831. The molecule has 1 saturated heterocycles. The van der Waals surface area contributed by atoms with Gasteiger partial charge in [-0.3, -0.25) is 9.59 Å². The minimum Gasteiger partial charge on any atom is -0.329 e. The highest BCUT2D eigenvalue weighted by atomic mass is 35.5. The van der Waals surface area contributed by atoms with Crippen LogP contribution in [0.2, 0.25) is 5.02 Å². The van der Waals surface area contributed by atoms with Crippen LogP contribution in [-0.4, -0.2) is 35.8 Å². The van der Waals surface area contributed by atoms with E-state index in [2.05, 4.69) is 0 Å². The van der Waals surface area contributed by atoms with E-state index in [4.69, 9.17) is 11.6 Å². The summed E-state index contributed by atoms with van der Waals surface area (Å²) in [5.74, 6) is 0.253. The zero-order valence-electron chi connectivity index (χ0n) is 13.7. The number of piperazine rings is 1. The van der Waals surface area contributed by atoms with E-state index >= 15 is 0 Å². The highest BCUT2D eigenvalue weighted by Gasteiger charge is 2.38. The summed E-state index contributed by atoms with van der Waals surface area (Å²) in [6.07, 6.45) is 4.18. The van der Waals surface area contributed by atoms with Gasteiger partial charge in [-0.2, -0.15) is 0 Å². The molecule has 2 fully saturated rings. The van der Waals surface area contributed by atoms with Gasteiger partial charge in [0.05, 0.1) is 0 Å². The third-order valence-corrected chi connectivity index (χ3v) is 5.58. The zero-order chi connectivity index (χ0) is 16.6. The van der Waals surface area contributed by atoms with E-state index in [1.165, 1.54) is 0 Å². The van der Waals surface area contributed by atoms with E-state index in [0.29, 0.717) is 18.1 Å². The number of nitrogens with zero attached hydrogens (tertiary/aromatic N) is 2. The van der Waals surface area contributed by atoms with Crippen LogP contribution in [0, 0.1) is 12.8 Å². The highest BCUT2D eigenvalue weighted by Crippen LogP contribution is 2.31. The minimum atomic E-state index is -0.407. The number of anilines is 1. The van der Waals surface area contributed by atoms with Gasteiger partial charge in [-0.05, 0) is 44.4 Å². The van der Waals surface area contributed by atoms with Crippen molar-refractivity contribution in [1.29, 1.82) is 0 Å². The Morgan fingerprint density at radius 2 is 1.91 bits per heavy atom. The van der Waals surface area contributed by atoms with Crippen molar-refractivity contribution in [3.05, 3.63) is 28.8 Å². The molecule has 2 aliphatic rings. The van der Waals surface area contributed by atoms with Gasteiger partial charge in [0, 0.05) is 29.7 Å². The Morgan fingerprint density at radius 3 is 2.61 bits per heavy atom. The average molecular weight is 335 g/mol. The molecule has 1 saturated carbocycles. The largest absolute Gasteiger partial charge is 0.329 e. The molecule has 124 valence electrons. The Morgan fingerprint density at radius 1 is 1.22 bits per heavy atom. The number of hydrogen-bond acceptors (Lipinski definition) is 2. The van der Waals surface area contributed by atoms with Crippen LogP contribution in [0.5, 0.6) is 0 Å². The van der Waals surface area contributed by atoms with Crippen molar-refractivity contribution in [3.63, 3.8) is 0 Å². The van der Waals surface area contributed by atoms with E-state index in [0.717, 1.165) is 36.9 Å². The Labute approximate surface area is 142 Å². The molecule has 0 unspecified atom stereocenters. The molecule has 1 aliphatic heterocycles. The molecular formula is C18H23ClN2O2. The Bertz CT molecular complexity index is 625. The van der Waals surface area contributed by atoms with Gasteiger partial charge in [-0.25, -0.2) is 0 Å². The lowest BCUT2D eigenvalue weighted by molar-refractivity contribution is -0.143. The van der Waals surface area contributed by atoms with Gasteiger partial charge in [0.2, 0.25) is 11.8 Å². The first kappa shape index (κ1) is 16.3. The number of carbonyl (C=O) groups is 2. The smallest absolute Gasteiger partial charge is 0.249 e. The fraction of sp³-hybridized carbons (Fsp3) is 0.556. The van der Waals surface area contributed by atoms with Gasteiger partial charge in [0.25, 0.3) is 0 Å². The van der Waals surface area contributed by atoms with Crippen molar-refractivity contribution in [1.82, 2.24) is 4.90 Å². The molecule has 0 N–H and O–H groups in total. The van der Waals surface area contributed by atoms with Crippen molar-refractivity contribution in [2.45, 2.75) is 45.6 Å². The lowest BCUT2D eigenvalue weighted by atomic mass is 10.0. The third-order valence-electron chi connectivity index (χ3n) is 5.17. The molecule has 5 heteroatoms.